The van der Waals surface area contributed by atoms with Gasteiger partial charge in [0.1, 0.15) is 17.3 Å². The van der Waals surface area contributed by atoms with Crippen molar-refractivity contribution in [3.8, 4) is 0 Å². The first-order valence-electron chi connectivity index (χ1n) is 16.2. The van der Waals surface area contributed by atoms with Crippen molar-refractivity contribution in [1.82, 2.24) is 30.3 Å². The Morgan fingerprint density at radius 3 is 2.43 bits per heavy atom. The summed E-state index contributed by atoms with van der Waals surface area (Å²) in [6.07, 6.45) is 9.15. The van der Waals surface area contributed by atoms with Gasteiger partial charge in [-0.1, -0.05) is 11.7 Å². The second-order valence-corrected chi connectivity index (χ2v) is 13.3. The van der Waals surface area contributed by atoms with Gasteiger partial charge in [0, 0.05) is 69.4 Å². The first-order chi connectivity index (χ1) is 22.4. The first kappa shape index (κ1) is 34.0. The Labute approximate surface area is 273 Å². The van der Waals surface area contributed by atoms with Crippen LogP contribution in [0.2, 0.25) is 0 Å². The third kappa shape index (κ3) is 8.92. The summed E-state index contributed by atoms with van der Waals surface area (Å²) in [5, 5.41) is 6.96. The lowest BCUT2D eigenvalue weighted by Crippen LogP contribution is -2.47. The van der Waals surface area contributed by atoms with E-state index in [1.54, 1.807) is 20.8 Å². The summed E-state index contributed by atoms with van der Waals surface area (Å²) in [6.45, 7) is 13.1. The van der Waals surface area contributed by atoms with E-state index in [1.165, 1.54) is 12.4 Å². The molecule has 47 heavy (non-hydrogen) atoms. The highest BCUT2D eigenvalue weighted by atomic mass is 19.1. The lowest BCUT2D eigenvalue weighted by Gasteiger charge is -2.37. The highest BCUT2D eigenvalue weighted by molar-refractivity contribution is 5.94. The molecular formula is C33H44F2N8O4. The SMILES string of the molecule is C=C/C(F)=C\C=C(\F)C[C@H]1CN(c2ncc(C(=O)N(CC)C3CCN(c4nc(C5CC5)no4)CC3)cn2)C[C@@H]1NC(=O)OC(C)(C)C. The molecule has 14 heteroatoms. The minimum Gasteiger partial charge on any atom is -0.444 e. The number of hydrogen-bond donors (Lipinski definition) is 1. The van der Waals surface area contributed by atoms with Gasteiger partial charge >= 0.3 is 12.1 Å². The van der Waals surface area contributed by atoms with Crippen molar-refractivity contribution in [2.24, 2.45) is 5.92 Å². The molecule has 3 fully saturated rings. The molecule has 1 N–H and O–H groups in total. The number of allylic oxidation sites excluding steroid dienone is 5. The van der Waals surface area contributed by atoms with E-state index in [2.05, 4.69) is 36.9 Å². The van der Waals surface area contributed by atoms with Crippen LogP contribution in [0.4, 0.5) is 25.5 Å². The van der Waals surface area contributed by atoms with Gasteiger partial charge in [-0.15, -0.1) is 0 Å². The molecule has 0 radical (unpaired) electrons. The number of anilines is 2. The Morgan fingerprint density at radius 2 is 1.81 bits per heavy atom. The van der Waals surface area contributed by atoms with Crippen LogP contribution < -0.4 is 15.1 Å². The zero-order valence-corrected chi connectivity index (χ0v) is 27.5. The summed E-state index contributed by atoms with van der Waals surface area (Å²) in [7, 11) is 0. The van der Waals surface area contributed by atoms with Gasteiger partial charge < -0.3 is 29.3 Å². The van der Waals surface area contributed by atoms with Crippen molar-refractivity contribution in [3.63, 3.8) is 0 Å². The van der Waals surface area contributed by atoms with Gasteiger partial charge in [0.25, 0.3) is 5.91 Å². The van der Waals surface area contributed by atoms with Gasteiger partial charge in [0.05, 0.1) is 11.6 Å². The highest BCUT2D eigenvalue weighted by Crippen LogP contribution is 2.39. The smallest absolute Gasteiger partial charge is 0.407 e. The van der Waals surface area contributed by atoms with E-state index < -0.39 is 29.4 Å². The normalized spacial score (nSPS) is 21.1. The number of carbonyl (C=O) groups is 2. The Kier molecular flexibility index (Phi) is 10.6. The maximum absolute atomic E-state index is 14.8. The number of carbonyl (C=O) groups excluding carboxylic acids is 2. The molecule has 2 aromatic heterocycles. The molecule has 0 spiro atoms. The molecule has 2 amide bonds. The van der Waals surface area contributed by atoms with Gasteiger partial charge in [-0.05, 0) is 71.6 Å². The van der Waals surface area contributed by atoms with Crippen molar-refractivity contribution >= 4 is 24.0 Å². The molecule has 12 nitrogen and oxygen atoms in total. The summed E-state index contributed by atoms with van der Waals surface area (Å²) in [5.74, 6) is -0.164. The summed E-state index contributed by atoms with van der Waals surface area (Å²) < 4.78 is 39.1. The van der Waals surface area contributed by atoms with Crippen LogP contribution in [0.1, 0.15) is 81.9 Å². The van der Waals surface area contributed by atoms with Gasteiger partial charge in [-0.3, -0.25) is 4.79 Å². The van der Waals surface area contributed by atoms with Gasteiger partial charge in [-0.25, -0.2) is 23.5 Å². The number of ether oxygens (including phenoxy) is 1. The van der Waals surface area contributed by atoms with Gasteiger partial charge in [0.15, 0.2) is 5.82 Å². The van der Waals surface area contributed by atoms with Crippen LogP contribution in [-0.2, 0) is 4.74 Å². The van der Waals surface area contributed by atoms with Crippen LogP contribution in [0.25, 0.3) is 0 Å². The monoisotopic (exact) mass is 654 g/mol. The molecule has 0 unspecified atom stereocenters. The van der Waals surface area contributed by atoms with E-state index in [9.17, 15) is 18.4 Å². The van der Waals surface area contributed by atoms with Crippen molar-refractivity contribution < 1.29 is 27.6 Å². The van der Waals surface area contributed by atoms with Crippen molar-refractivity contribution in [1.29, 1.82) is 0 Å². The quantitative estimate of drug-likeness (QED) is 0.311. The van der Waals surface area contributed by atoms with Crippen molar-refractivity contribution in [2.75, 3.05) is 42.5 Å². The summed E-state index contributed by atoms with van der Waals surface area (Å²) in [4.78, 5) is 45.4. The zero-order chi connectivity index (χ0) is 33.7. The molecule has 5 rings (SSSR count). The number of aromatic nitrogens is 4. The largest absolute Gasteiger partial charge is 0.444 e. The van der Waals surface area contributed by atoms with E-state index in [-0.39, 0.29) is 24.3 Å². The van der Waals surface area contributed by atoms with Crippen LogP contribution in [0.3, 0.4) is 0 Å². The Bertz CT molecular complexity index is 1480. The topological polar surface area (TPSA) is 130 Å². The number of halogens is 2. The fraction of sp³-hybridized carbons (Fsp3) is 0.576. The lowest BCUT2D eigenvalue weighted by molar-refractivity contribution is 0.0496. The second-order valence-electron chi connectivity index (χ2n) is 13.3. The number of hydrogen-bond acceptors (Lipinski definition) is 10. The van der Waals surface area contributed by atoms with Crippen LogP contribution in [0.5, 0.6) is 0 Å². The molecule has 2 atom stereocenters. The van der Waals surface area contributed by atoms with Gasteiger partial charge in [-0.2, -0.15) is 4.98 Å². The minimum absolute atomic E-state index is 0.0472. The third-order valence-corrected chi connectivity index (χ3v) is 8.54. The number of alkyl carbamates (subject to hydrolysis) is 1. The third-order valence-electron chi connectivity index (χ3n) is 8.54. The van der Waals surface area contributed by atoms with Gasteiger partial charge in [0.2, 0.25) is 5.95 Å². The predicted molar refractivity (Wildman–Crippen MR) is 172 cm³/mol. The number of amides is 2. The number of rotatable bonds is 11. The summed E-state index contributed by atoms with van der Waals surface area (Å²) in [6, 6.07) is 0.107. The van der Waals surface area contributed by atoms with Crippen molar-refractivity contribution in [2.45, 2.75) is 83.4 Å². The van der Waals surface area contributed by atoms with Crippen LogP contribution in [0.15, 0.2) is 53.4 Å². The van der Waals surface area contributed by atoms with Crippen LogP contribution in [0, 0.1) is 5.92 Å². The predicted octanol–water partition coefficient (Wildman–Crippen LogP) is 5.48. The molecule has 254 valence electrons. The molecule has 2 aliphatic heterocycles. The molecule has 3 aliphatic rings. The Hall–Kier alpha value is -4.36. The fourth-order valence-corrected chi connectivity index (χ4v) is 5.98. The number of nitrogens with zero attached hydrogens (tertiary/aromatic N) is 7. The van der Waals surface area contributed by atoms with E-state index >= 15 is 0 Å². The maximum atomic E-state index is 14.8. The van der Waals surface area contributed by atoms with Crippen LogP contribution >= 0.6 is 0 Å². The highest BCUT2D eigenvalue weighted by Gasteiger charge is 2.37. The van der Waals surface area contributed by atoms with Crippen molar-refractivity contribution in [3.05, 3.63) is 60.2 Å². The minimum atomic E-state index is -0.710. The lowest BCUT2D eigenvalue weighted by atomic mass is 9.99. The Morgan fingerprint density at radius 1 is 1.11 bits per heavy atom. The molecule has 2 saturated heterocycles. The molecule has 0 aromatic carbocycles. The summed E-state index contributed by atoms with van der Waals surface area (Å²) in [5.41, 5.74) is -0.341. The van der Waals surface area contributed by atoms with Crippen LogP contribution in [-0.4, -0.2) is 87.4 Å². The molecule has 1 saturated carbocycles. The summed E-state index contributed by atoms with van der Waals surface area (Å²) >= 11 is 0. The van der Waals surface area contributed by atoms with E-state index in [0.29, 0.717) is 56.2 Å². The maximum Gasteiger partial charge on any atom is 0.407 e. The average molecular weight is 655 g/mol. The number of piperidine rings is 1. The number of nitrogens with one attached hydrogen (secondary N) is 1. The molecule has 1 aliphatic carbocycles. The molecule has 0 bridgehead atoms. The standard InChI is InChI=1S/C33H44F2N8O4/c1-6-24(34)10-11-25(35)16-22-19-42(20-27(22)38-32(45)46-33(3,4)5)30-36-17-23(18-37-30)29(44)43(7-2)26-12-14-41(15-13-26)31-39-28(40-47-31)21-8-9-21/h6,10-11,17-18,21-22,26-27H,1,7-9,12-16,19-20H2,2-5H3,(H,38,45)/b24-10+,25-11+/t22-,27-/m0/s1. The molecule has 2 aromatic rings. The molecular weight excluding hydrogens is 610 g/mol. The molecule has 4 heterocycles. The Balaban J connectivity index is 1.21. The second kappa shape index (κ2) is 14.6. The fourth-order valence-electron chi connectivity index (χ4n) is 5.98. The zero-order valence-electron chi connectivity index (χ0n) is 27.5. The average Bonchev–Trinajstić information content (AvgIpc) is 3.65. The van der Waals surface area contributed by atoms with E-state index in [0.717, 1.165) is 49.7 Å². The van der Waals surface area contributed by atoms with E-state index in [4.69, 9.17) is 9.26 Å². The first-order valence-corrected chi connectivity index (χ1v) is 16.2. The van der Waals surface area contributed by atoms with E-state index in [1.807, 2.05) is 16.7 Å².